The maximum atomic E-state index is 12.6. The first-order chi connectivity index (χ1) is 13.5. The molecule has 6 heteroatoms. The molecule has 0 aliphatic rings. The summed E-state index contributed by atoms with van der Waals surface area (Å²) < 4.78 is 5.67. The molecule has 0 saturated heterocycles. The Kier molecular flexibility index (Phi) is 8.88. The molecule has 2 aromatic rings. The number of rotatable bonds is 10. The van der Waals surface area contributed by atoms with Crippen LogP contribution in [0.1, 0.15) is 36.5 Å². The Labute approximate surface area is 171 Å². The predicted octanol–water partition coefficient (Wildman–Crippen LogP) is 4.69. The SMILES string of the molecule is CCCCCOc1ccc(C(=O)N(C)CC(=O)Nc2ccccc2SC)cc1. The largest absolute Gasteiger partial charge is 0.494 e. The van der Waals surface area contributed by atoms with Crippen LogP contribution in [-0.4, -0.2) is 43.2 Å². The second kappa shape index (κ2) is 11.4. The van der Waals surface area contributed by atoms with Crippen molar-refractivity contribution in [3.63, 3.8) is 0 Å². The number of hydrogen-bond acceptors (Lipinski definition) is 4. The van der Waals surface area contributed by atoms with E-state index in [2.05, 4.69) is 12.2 Å². The summed E-state index contributed by atoms with van der Waals surface area (Å²) in [5.74, 6) is 0.320. The van der Waals surface area contributed by atoms with Crippen molar-refractivity contribution < 1.29 is 14.3 Å². The molecule has 0 spiro atoms. The molecule has 0 unspecified atom stereocenters. The summed E-state index contributed by atoms with van der Waals surface area (Å²) in [6.45, 7) is 2.81. The molecule has 0 aliphatic heterocycles. The number of nitrogens with one attached hydrogen (secondary N) is 1. The number of likely N-dealkylation sites (N-methyl/N-ethyl adjacent to an activating group) is 1. The second-order valence-corrected chi connectivity index (χ2v) is 7.34. The highest BCUT2D eigenvalue weighted by atomic mass is 32.2. The average Bonchev–Trinajstić information content (AvgIpc) is 2.71. The smallest absolute Gasteiger partial charge is 0.254 e. The van der Waals surface area contributed by atoms with E-state index in [1.54, 1.807) is 43.1 Å². The molecule has 0 fully saturated rings. The molecule has 0 atom stereocenters. The van der Waals surface area contributed by atoms with Crippen molar-refractivity contribution >= 4 is 29.3 Å². The van der Waals surface area contributed by atoms with Crippen LogP contribution in [0.3, 0.4) is 0 Å². The number of anilines is 1. The summed E-state index contributed by atoms with van der Waals surface area (Å²) in [5, 5.41) is 2.87. The molecule has 2 aromatic carbocycles. The number of carbonyl (C=O) groups is 2. The predicted molar refractivity (Wildman–Crippen MR) is 115 cm³/mol. The van der Waals surface area contributed by atoms with Crippen molar-refractivity contribution in [3.8, 4) is 5.75 Å². The van der Waals surface area contributed by atoms with E-state index in [9.17, 15) is 9.59 Å². The second-order valence-electron chi connectivity index (χ2n) is 6.49. The molecule has 150 valence electrons. The van der Waals surface area contributed by atoms with Gasteiger partial charge in [0.05, 0.1) is 18.8 Å². The van der Waals surface area contributed by atoms with E-state index in [0.29, 0.717) is 12.2 Å². The summed E-state index contributed by atoms with van der Waals surface area (Å²) in [7, 11) is 1.62. The van der Waals surface area contributed by atoms with Crippen molar-refractivity contribution in [1.29, 1.82) is 0 Å². The van der Waals surface area contributed by atoms with E-state index < -0.39 is 0 Å². The Hall–Kier alpha value is -2.47. The normalized spacial score (nSPS) is 10.4. The third-order valence-corrected chi connectivity index (χ3v) is 5.02. The van der Waals surface area contributed by atoms with Gasteiger partial charge in [-0.25, -0.2) is 0 Å². The highest BCUT2D eigenvalue weighted by Crippen LogP contribution is 2.24. The standard InChI is InChI=1S/C22H28N2O3S/c1-4-5-8-15-27-18-13-11-17(12-14-18)22(26)24(2)16-21(25)23-19-9-6-7-10-20(19)28-3/h6-7,9-14H,4-5,8,15-16H2,1-3H3,(H,23,25). The van der Waals surface area contributed by atoms with Gasteiger partial charge in [0.25, 0.3) is 5.91 Å². The molecule has 0 bridgehead atoms. The van der Waals surface area contributed by atoms with Crippen LogP contribution >= 0.6 is 11.8 Å². The highest BCUT2D eigenvalue weighted by Gasteiger charge is 2.16. The van der Waals surface area contributed by atoms with Crippen LogP contribution in [0, 0.1) is 0 Å². The number of amides is 2. The van der Waals surface area contributed by atoms with Gasteiger partial charge in [0.1, 0.15) is 5.75 Å². The van der Waals surface area contributed by atoms with E-state index in [4.69, 9.17) is 4.74 Å². The third-order valence-electron chi connectivity index (χ3n) is 4.23. The summed E-state index contributed by atoms with van der Waals surface area (Å²) in [4.78, 5) is 27.3. The van der Waals surface area contributed by atoms with Gasteiger partial charge in [0.2, 0.25) is 5.91 Å². The molecule has 0 radical (unpaired) electrons. The van der Waals surface area contributed by atoms with Gasteiger partial charge in [0.15, 0.2) is 0 Å². The summed E-state index contributed by atoms with van der Waals surface area (Å²) in [5.41, 5.74) is 1.28. The van der Waals surface area contributed by atoms with Crippen LogP contribution in [0.25, 0.3) is 0 Å². The van der Waals surface area contributed by atoms with Crippen LogP contribution in [-0.2, 0) is 4.79 Å². The molecule has 0 aliphatic carbocycles. The Morgan fingerprint density at radius 3 is 2.46 bits per heavy atom. The maximum absolute atomic E-state index is 12.6. The first-order valence-corrected chi connectivity index (χ1v) is 10.7. The first kappa shape index (κ1) is 21.8. The number of nitrogens with zero attached hydrogens (tertiary/aromatic N) is 1. The van der Waals surface area contributed by atoms with Crippen molar-refractivity contribution in [1.82, 2.24) is 4.90 Å². The zero-order chi connectivity index (χ0) is 20.4. The molecule has 28 heavy (non-hydrogen) atoms. The molecular weight excluding hydrogens is 372 g/mol. The fraction of sp³-hybridized carbons (Fsp3) is 0.364. The van der Waals surface area contributed by atoms with E-state index in [1.807, 2.05) is 30.5 Å². The molecule has 0 aromatic heterocycles. The lowest BCUT2D eigenvalue weighted by Gasteiger charge is -2.18. The quantitative estimate of drug-likeness (QED) is 0.464. The average molecular weight is 401 g/mol. The van der Waals surface area contributed by atoms with Crippen LogP contribution in [0.2, 0.25) is 0 Å². The van der Waals surface area contributed by atoms with Crippen molar-refractivity contribution in [2.75, 3.05) is 31.8 Å². The van der Waals surface area contributed by atoms with Crippen LogP contribution in [0.5, 0.6) is 5.75 Å². The number of unbranched alkanes of at least 4 members (excludes halogenated alkanes) is 2. The minimum atomic E-state index is -0.228. The summed E-state index contributed by atoms with van der Waals surface area (Å²) >= 11 is 1.56. The minimum Gasteiger partial charge on any atom is -0.494 e. The molecule has 2 rings (SSSR count). The molecule has 2 amide bonds. The monoisotopic (exact) mass is 400 g/mol. The lowest BCUT2D eigenvalue weighted by atomic mass is 10.2. The van der Waals surface area contributed by atoms with E-state index in [1.165, 1.54) is 4.90 Å². The van der Waals surface area contributed by atoms with Crippen molar-refractivity contribution in [3.05, 3.63) is 54.1 Å². The number of thioether (sulfide) groups is 1. The Morgan fingerprint density at radius 1 is 1.07 bits per heavy atom. The van der Waals surface area contributed by atoms with E-state index >= 15 is 0 Å². The Balaban J connectivity index is 1.88. The van der Waals surface area contributed by atoms with Crippen LogP contribution in [0.4, 0.5) is 5.69 Å². The molecule has 5 nitrogen and oxygen atoms in total. The third kappa shape index (κ3) is 6.60. The van der Waals surface area contributed by atoms with Crippen LogP contribution in [0.15, 0.2) is 53.4 Å². The number of hydrogen-bond donors (Lipinski definition) is 1. The van der Waals surface area contributed by atoms with Gasteiger partial charge in [-0.15, -0.1) is 11.8 Å². The summed E-state index contributed by atoms with van der Waals surface area (Å²) in [6, 6.07) is 14.6. The molecule has 0 heterocycles. The number of benzene rings is 2. The van der Waals surface area contributed by atoms with Gasteiger partial charge in [-0.2, -0.15) is 0 Å². The fourth-order valence-electron chi connectivity index (χ4n) is 2.68. The minimum absolute atomic E-state index is 0.0170. The molecule has 1 N–H and O–H groups in total. The number of ether oxygens (including phenoxy) is 1. The fourth-order valence-corrected chi connectivity index (χ4v) is 3.23. The van der Waals surface area contributed by atoms with Crippen LogP contribution < -0.4 is 10.1 Å². The highest BCUT2D eigenvalue weighted by molar-refractivity contribution is 7.98. The lowest BCUT2D eigenvalue weighted by molar-refractivity contribution is -0.116. The van der Waals surface area contributed by atoms with Crippen molar-refractivity contribution in [2.45, 2.75) is 31.1 Å². The van der Waals surface area contributed by atoms with Gasteiger partial charge in [-0.3, -0.25) is 9.59 Å². The molecule has 0 saturated carbocycles. The Bertz CT molecular complexity index is 778. The topological polar surface area (TPSA) is 58.6 Å². The number of carbonyl (C=O) groups excluding carboxylic acids is 2. The lowest BCUT2D eigenvalue weighted by Crippen LogP contribution is -2.35. The molecular formula is C22H28N2O3S. The van der Waals surface area contributed by atoms with E-state index in [0.717, 1.165) is 35.6 Å². The summed E-state index contributed by atoms with van der Waals surface area (Å²) in [6.07, 6.45) is 5.27. The zero-order valence-electron chi connectivity index (χ0n) is 16.7. The zero-order valence-corrected chi connectivity index (χ0v) is 17.6. The first-order valence-electron chi connectivity index (χ1n) is 9.46. The van der Waals surface area contributed by atoms with Gasteiger partial charge < -0.3 is 15.0 Å². The van der Waals surface area contributed by atoms with Gasteiger partial charge in [0, 0.05) is 17.5 Å². The van der Waals surface area contributed by atoms with Gasteiger partial charge in [-0.05, 0) is 49.1 Å². The van der Waals surface area contributed by atoms with Gasteiger partial charge >= 0.3 is 0 Å². The number of para-hydroxylation sites is 1. The van der Waals surface area contributed by atoms with E-state index in [-0.39, 0.29) is 18.4 Å². The van der Waals surface area contributed by atoms with Crippen molar-refractivity contribution in [2.24, 2.45) is 0 Å². The Morgan fingerprint density at radius 2 is 1.79 bits per heavy atom. The van der Waals surface area contributed by atoms with Gasteiger partial charge in [-0.1, -0.05) is 31.9 Å². The maximum Gasteiger partial charge on any atom is 0.254 e.